The highest BCUT2D eigenvalue weighted by atomic mass is 16.5. The van der Waals surface area contributed by atoms with Crippen molar-refractivity contribution in [3.05, 3.63) is 54.5 Å². The maximum Gasteiger partial charge on any atom is 0.219 e. The van der Waals surface area contributed by atoms with Gasteiger partial charge in [0.1, 0.15) is 5.75 Å². The number of ether oxygens (including phenoxy) is 1. The average molecular weight is 383 g/mol. The number of hydrogen-bond donors (Lipinski definition) is 0. The fourth-order valence-electron chi connectivity index (χ4n) is 4.83. The Morgan fingerprint density at radius 3 is 2.61 bits per heavy atom. The van der Waals surface area contributed by atoms with Gasteiger partial charge in [-0.05, 0) is 42.9 Å². The fraction of sp³-hybridized carbons (Fsp3) is 0.522. The summed E-state index contributed by atoms with van der Waals surface area (Å²) < 4.78 is 11.4. The first-order valence-electron chi connectivity index (χ1n) is 10.4. The molecule has 1 amide bonds. The van der Waals surface area contributed by atoms with Crippen LogP contribution in [0.15, 0.2) is 53.3 Å². The van der Waals surface area contributed by atoms with E-state index in [4.69, 9.17) is 9.15 Å². The van der Waals surface area contributed by atoms with Gasteiger partial charge in [-0.25, -0.2) is 0 Å². The number of nitrogens with zero attached hydrogens (tertiary/aromatic N) is 2. The molecule has 1 aromatic carbocycles. The number of carbonyl (C=O) groups excluding carboxylic acids is 1. The summed E-state index contributed by atoms with van der Waals surface area (Å²) in [6, 6.07) is 12.2. The van der Waals surface area contributed by atoms with Gasteiger partial charge in [0, 0.05) is 51.1 Å². The first-order valence-corrected chi connectivity index (χ1v) is 10.4. The molecule has 150 valence electrons. The summed E-state index contributed by atoms with van der Waals surface area (Å²) in [5.74, 6) is 2.94. The van der Waals surface area contributed by atoms with Crippen LogP contribution in [0.2, 0.25) is 0 Å². The molecule has 0 radical (unpaired) electrons. The monoisotopic (exact) mass is 382 g/mol. The molecular formula is C23H30N2O3. The van der Waals surface area contributed by atoms with Gasteiger partial charge in [-0.15, -0.1) is 0 Å². The number of furan rings is 1. The largest absolute Gasteiger partial charge is 0.493 e. The van der Waals surface area contributed by atoms with Crippen molar-refractivity contribution in [2.75, 3.05) is 32.8 Å². The Kier molecular flexibility index (Phi) is 6.01. The minimum absolute atomic E-state index is 0.204. The summed E-state index contributed by atoms with van der Waals surface area (Å²) in [5, 5.41) is 0. The summed E-state index contributed by atoms with van der Waals surface area (Å²) >= 11 is 0. The van der Waals surface area contributed by atoms with Crippen LogP contribution in [-0.2, 0) is 11.3 Å². The second-order valence-electron chi connectivity index (χ2n) is 8.22. The van der Waals surface area contributed by atoms with E-state index in [1.54, 1.807) is 13.2 Å². The molecule has 4 rings (SSSR count). The molecule has 2 aliphatic heterocycles. The van der Waals surface area contributed by atoms with Gasteiger partial charge in [0.05, 0.1) is 19.1 Å². The van der Waals surface area contributed by atoms with E-state index < -0.39 is 0 Å². The lowest BCUT2D eigenvalue weighted by Crippen LogP contribution is -2.40. The van der Waals surface area contributed by atoms with E-state index in [2.05, 4.69) is 4.90 Å². The molecule has 0 N–H and O–H groups in total. The molecule has 2 aromatic rings. The third-order valence-electron chi connectivity index (χ3n) is 6.35. The fourth-order valence-corrected chi connectivity index (χ4v) is 4.83. The quantitative estimate of drug-likeness (QED) is 0.765. The Balaban J connectivity index is 1.40. The van der Waals surface area contributed by atoms with Gasteiger partial charge in [0.15, 0.2) is 0 Å². The normalized spacial score (nSPS) is 23.8. The minimum atomic E-state index is 0.204. The molecule has 2 aliphatic rings. The van der Waals surface area contributed by atoms with Crippen LogP contribution in [0.25, 0.3) is 0 Å². The SMILES string of the molecule is CC(=O)N1CCC([C@@H]2CN(Cc3ccoc3)C[C@H]2COc2ccccc2)CC1. The molecule has 5 heteroatoms. The van der Waals surface area contributed by atoms with Crippen LogP contribution in [0.4, 0.5) is 0 Å². The second-order valence-corrected chi connectivity index (χ2v) is 8.22. The van der Waals surface area contributed by atoms with Crippen LogP contribution in [0.5, 0.6) is 5.75 Å². The molecule has 3 heterocycles. The number of hydrogen-bond acceptors (Lipinski definition) is 4. The average Bonchev–Trinajstić information content (AvgIpc) is 3.37. The first-order chi connectivity index (χ1) is 13.7. The molecule has 0 saturated carbocycles. The number of likely N-dealkylation sites (tertiary alicyclic amines) is 2. The zero-order chi connectivity index (χ0) is 19.3. The van der Waals surface area contributed by atoms with Crippen LogP contribution in [-0.4, -0.2) is 48.5 Å². The predicted molar refractivity (Wildman–Crippen MR) is 108 cm³/mol. The number of carbonyl (C=O) groups is 1. The third kappa shape index (κ3) is 4.58. The molecular weight excluding hydrogens is 352 g/mol. The van der Waals surface area contributed by atoms with Gasteiger partial charge < -0.3 is 14.1 Å². The Morgan fingerprint density at radius 2 is 1.93 bits per heavy atom. The van der Waals surface area contributed by atoms with Crippen molar-refractivity contribution in [1.29, 1.82) is 0 Å². The zero-order valence-electron chi connectivity index (χ0n) is 16.6. The summed E-state index contributed by atoms with van der Waals surface area (Å²) in [5.41, 5.74) is 1.23. The molecule has 1 aromatic heterocycles. The van der Waals surface area contributed by atoms with E-state index in [1.165, 1.54) is 5.56 Å². The lowest BCUT2D eigenvalue weighted by molar-refractivity contribution is -0.130. The molecule has 2 saturated heterocycles. The first kappa shape index (κ1) is 19.1. The number of benzene rings is 1. The molecule has 0 unspecified atom stereocenters. The van der Waals surface area contributed by atoms with Crippen LogP contribution in [0.3, 0.4) is 0 Å². The molecule has 28 heavy (non-hydrogen) atoms. The van der Waals surface area contributed by atoms with E-state index in [0.717, 1.165) is 57.9 Å². The number of amides is 1. The predicted octanol–water partition coefficient (Wildman–Crippen LogP) is 3.67. The number of piperidine rings is 1. The smallest absolute Gasteiger partial charge is 0.219 e. The number of rotatable bonds is 6. The van der Waals surface area contributed by atoms with Crippen LogP contribution < -0.4 is 4.74 Å². The Hall–Kier alpha value is -2.27. The standard InChI is InChI=1S/C23H30N2O3/c1-18(26)25-10-7-20(8-11-25)23-15-24(13-19-9-12-27-16-19)14-21(23)17-28-22-5-3-2-4-6-22/h2-6,9,12,16,20-21,23H,7-8,10-11,13-15,17H2,1H3/t21-,23-/m0/s1. The lowest BCUT2D eigenvalue weighted by atomic mass is 9.78. The van der Waals surface area contributed by atoms with Gasteiger partial charge in [0.2, 0.25) is 5.91 Å². The van der Waals surface area contributed by atoms with Gasteiger partial charge in [0.25, 0.3) is 0 Å². The third-order valence-corrected chi connectivity index (χ3v) is 6.35. The van der Waals surface area contributed by atoms with Crippen LogP contribution in [0, 0.1) is 17.8 Å². The Bertz CT molecular complexity index is 738. The Labute approximate surface area is 167 Å². The van der Waals surface area contributed by atoms with Gasteiger partial charge in [-0.2, -0.15) is 0 Å². The summed E-state index contributed by atoms with van der Waals surface area (Å²) in [7, 11) is 0. The van der Waals surface area contributed by atoms with Crippen molar-refractivity contribution in [2.45, 2.75) is 26.3 Å². The van der Waals surface area contributed by atoms with Crippen molar-refractivity contribution in [3.8, 4) is 5.75 Å². The van der Waals surface area contributed by atoms with Crippen LogP contribution >= 0.6 is 0 Å². The topological polar surface area (TPSA) is 45.9 Å². The second kappa shape index (κ2) is 8.82. The van der Waals surface area contributed by atoms with Crippen molar-refractivity contribution < 1.29 is 13.9 Å². The Morgan fingerprint density at radius 1 is 1.14 bits per heavy atom. The maximum atomic E-state index is 11.7. The van der Waals surface area contributed by atoms with E-state index >= 15 is 0 Å². The van der Waals surface area contributed by atoms with Gasteiger partial charge in [-0.1, -0.05) is 18.2 Å². The van der Waals surface area contributed by atoms with Gasteiger partial charge in [-0.3, -0.25) is 9.69 Å². The molecule has 2 atom stereocenters. The van der Waals surface area contributed by atoms with Crippen molar-refractivity contribution >= 4 is 5.91 Å². The van der Waals surface area contributed by atoms with E-state index in [9.17, 15) is 4.79 Å². The summed E-state index contributed by atoms with van der Waals surface area (Å²) in [4.78, 5) is 16.2. The molecule has 0 aliphatic carbocycles. The molecule has 2 fully saturated rings. The molecule has 0 bridgehead atoms. The maximum absolute atomic E-state index is 11.7. The minimum Gasteiger partial charge on any atom is -0.493 e. The summed E-state index contributed by atoms with van der Waals surface area (Å²) in [6.45, 7) is 7.30. The highest BCUT2D eigenvalue weighted by molar-refractivity contribution is 5.73. The number of para-hydroxylation sites is 1. The summed E-state index contributed by atoms with van der Waals surface area (Å²) in [6.07, 6.45) is 5.79. The molecule has 5 nitrogen and oxygen atoms in total. The van der Waals surface area contributed by atoms with Gasteiger partial charge >= 0.3 is 0 Å². The molecule has 0 spiro atoms. The van der Waals surface area contributed by atoms with E-state index in [0.29, 0.717) is 17.8 Å². The van der Waals surface area contributed by atoms with Crippen LogP contribution in [0.1, 0.15) is 25.3 Å². The van der Waals surface area contributed by atoms with Crippen molar-refractivity contribution in [1.82, 2.24) is 9.80 Å². The van der Waals surface area contributed by atoms with E-state index in [-0.39, 0.29) is 5.91 Å². The zero-order valence-corrected chi connectivity index (χ0v) is 16.6. The lowest BCUT2D eigenvalue weighted by Gasteiger charge is -2.36. The highest BCUT2D eigenvalue weighted by Gasteiger charge is 2.39. The highest BCUT2D eigenvalue weighted by Crippen LogP contribution is 2.36. The van der Waals surface area contributed by atoms with Crippen molar-refractivity contribution in [2.24, 2.45) is 17.8 Å². The van der Waals surface area contributed by atoms with Crippen molar-refractivity contribution in [3.63, 3.8) is 0 Å². The van der Waals surface area contributed by atoms with E-state index in [1.807, 2.05) is 47.6 Å².